The Balaban J connectivity index is 2.20. The van der Waals surface area contributed by atoms with E-state index in [-0.39, 0.29) is 6.04 Å². The molecule has 0 saturated heterocycles. The highest BCUT2D eigenvalue weighted by Gasteiger charge is 2.31. The van der Waals surface area contributed by atoms with Gasteiger partial charge < -0.3 is 5.32 Å². The molecular weight excluding hydrogens is 303 g/mol. The molecule has 2 heterocycles. The van der Waals surface area contributed by atoms with Crippen LogP contribution in [0.1, 0.15) is 22.9 Å². The van der Waals surface area contributed by atoms with Crippen molar-refractivity contribution in [1.82, 2.24) is 15.3 Å². The molecular formula is C14H13ClF3N3. The molecule has 7 heteroatoms. The van der Waals surface area contributed by atoms with Gasteiger partial charge in [0.25, 0.3) is 0 Å². The normalized spacial score (nSPS) is 13.2. The number of halogens is 4. The van der Waals surface area contributed by atoms with Crippen LogP contribution >= 0.6 is 11.6 Å². The maximum Gasteiger partial charge on any atom is 0.417 e. The van der Waals surface area contributed by atoms with Crippen LogP contribution < -0.4 is 5.32 Å². The van der Waals surface area contributed by atoms with Gasteiger partial charge in [-0.05, 0) is 37.2 Å². The molecule has 2 aromatic rings. The largest absolute Gasteiger partial charge is 0.417 e. The molecule has 0 saturated carbocycles. The first-order chi connectivity index (χ1) is 9.91. The minimum Gasteiger partial charge on any atom is -0.311 e. The maximum atomic E-state index is 12.5. The van der Waals surface area contributed by atoms with Crippen molar-refractivity contribution in [3.63, 3.8) is 0 Å². The molecule has 0 radical (unpaired) electrons. The fraction of sp³-hybridized carbons (Fsp3) is 0.286. The van der Waals surface area contributed by atoms with Crippen molar-refractivity contribution in [3.05, 3.63) is 58.6 Å². The quantitative estimate of drug-likeness (QED) is 0.936. The van der Waals surface area contributed by atoms with Gasteiger partial charge in [0.15, 0.2) is 0 Å². The molecule has 1 unspecified atom stereocenters. The average Bonchev–Trinajstić information content (AvgIpc) is 2.46. The lowest BCUT2D eigenvalue weighted by atomic mass is 10.0. The van der Waals surface area contributed by atoms with E-state index in [1.807, 2.05) is 0 Å². The molecule has 2 rings (SSSR count). The van der Waals surface area contributed by atoms with Gasteiger partial charge in [0.2, 0.25) is 0 Å². The first-order valence-electron chi connectivity index (χ1n) is 6.20. The summed E-state index contributed by atoms with van der Waals surface area (Å²) in [6.07, 6.45) is 0.122. The fourth-order valence-electron chi connectivity index (χ4n) is 1.92. The molecule has 2 aromatic heterocycles. The Hall–Kier alpha value is -1.66. The fourth-order valence-corrected chi connectivity index (χ4v) is 2.12. The van der Waals surface area contributed by atoms with E-state index in [1.165, 1.54) is 12.3 Å². The standard InChI is InChI=1S/C14H13ClF3N3/c1-19-13(6-9-4-5-20-8-11(9)15)12-3-2-10(7-21-12)14(16,17)18/h2-5,7-8,13,19H,6H2,1H3. The first kappa shape index (κ1) is 15.7. The lowest BCUT2D eigenvalue weighted by Gasteiger charge is -2.17. The molecule has 1 N–H and O–H groups in total. The van der Waals surface area contributed by atoms with Gasteiger partial charge in [-0.1, -0.05) is 11.6 Å². The highest BCUT2D eigenvalue weighted by Crippen LogP contribution is 2.29. The first-order valence-corrected chi connectivity index (χ1v) is 6.58. The lowest BCUT2D eigenvalue weighted by Crippen LogP contribution is -2.20. The van der Waals surface area contributed by atoms with Crippen molar-refractivity contribution in [2.45, 2.75) is 18.6 Å². The van der Waals surface area contributed by atoms with Gasteiger partial charge in [0.05, 0.1) is 22.3 Å². The lowest BCUT2D eigenvalue weighted by molar-refractivity contribution is -0.137. The molecule has 3 nitrogen and oxygen atoms in total. The summed E-state index contributed by atoms with van der Waals surface area (Å²) in [5, 5.41) is 3.55. The number of rotatable bonds is 4. The minimum absolute atomic E-state index is 0.229. The molecule has 21 heavy (non-hydrogen) atoms. The number of pyridine rings is 2. The average molecular weight is 316 g/mol. The Labute approximate surface area is 125 Å². The van der Waals surface area contributed by atoms with E-state index in [9.17, 15) is 13.2 Å². The van der Waals surface area contributed by atoms with Crippen molar-refractivity contribution in [3.8, 4) is 0 Å². The van der Waals surface area contributed by atoms with Crippen molar-refractivity contribution in [2.75, 3.05) is 7.05 Å². The topological polar surface area (TPSA) is 37.8 Å². The van der Waals surface area contributed by atoms with Crippen LogP contribution in [0.15, 0.2) is 36.8 Å². The van der Waals surface area contributed by atoms with Crippen LogP contribution in [0.5, 0.6) is 0 Å². The molecule has 0 aromatic carbocycles. The zero-order valence-electron chi connectivity index (χ0n) is 11.2. The van der Waals surface area contributed by atoms with Crippen LogP contribution in [0.3, 0.4) is 0 Å². The Morgan fingerprint density at radius 1 is 1.24 bits per heavy atom. The zero-order chi connectivity index (χ0) is 15.5. The molecule has 0 bridgehead atoms. The number of hydrogen-bond acceptors (Lipinski definition) is 3. The van der Waals surface area contributed by atoms with Gasteiger partial charge in [0.1, 0.15) is 0 Å². The number of hydrogen-bond donors (Lipinski definition) is 1. The van der Waals surface area contributed by atoms with Crippen molar-refractivity contribution in [1.29, 1.82) is 0 Å². The summed E-state index contributed by atoms with van der Waals surface area (Å²) in [6, 6.07) is 3.95. The predicted octanol–water partition coefficient (Wildman–Crippen LogP) is 3.65. The second kappa shape index (κ2) is 6.41. The number of likely N-dealkylation sites (N-methyl/N-ethyl adjacent to an activating group) is 1. The van der Waals surface area contributed by atoms with E-state index in [1.54, 1.807) is 19.3 Å². The second-order valence-electron chi connectivity index (χ2n) is 4.48. The highest BCUT2D eigenvalue weighted by molar-refractivity contribution is 6.31. The van der Waals surface area contributed by atoms with E-state index in [0.29, 0.717) is 17.1 Å². The third kappa shape index (κ3) is 3.92. The summed E-state index contributed by atoms with van der Waals surface area (Å²) < 4.78 is 37.6. The highest BCUT2D eigenvalue weighted by atomic mass is 35.5. The smallest absolute Gasteiger partial charge is 0.311 e. The summed E-state index contributed by atoms with van der Waals surface area (Å²) >= 11 is 6.04. The van der Waals surface area contributed by atoms with Crippen LogP contribution in [0.2, 0.25) is 5.02 Å². The number of alkyl halides is 3. The molecule has 1 atom stereocenters. The monoisotopic (exact) mass is 315 g/mol. The van der Waals surface area contributed by atoms with E-state index in [4.69, 9.17) is 11.6 Å². The summed E-state index contributed by atoms with van der Waals surface area (Å²) in [6.45, 7) is 0. The van der Waals surface area contributed by atoms with Gasteiger partial charge in [0, 0.05) is 18.6 Å². The molecule has 0 aliphatic rings. The molecule has 0 amide bonds. The van der Waals surface area contributed by atoms with Crippen LogP contribution in [-0.2, 0) is 12.6 Å². The van der Waals surface area contributed by atoms with E-state index in [2.05, 4.69) is 15.3 Å². The molecule has 0 aliphatic carbocycles. The predicted molar refractivity (Wildman–Crippen MR) is 74.0 cm³/mol. The Kier molecular flexibility index (Phi) is 4.80. The van der Waals surface area contributed by atoms with E-state index in [0.717, 1.165) is 17.8 Å². The van der Waals surface area contributed by atoms with Crippen molar-refractivity contribution >= 4 is 11.6 Å². The Morgan fingerprint density at radius 2 is 2.00 bits per heavy atom. The summed E-state index contributed by atoms with van der Waals surface area (Å²) in [7, 11) is 1.72. The molecule has 0 fully saturated rings. The number of nitrogens with one attached hydrogen (secondary N) is 1. The van der Waals surface area contributed by atoms with Crippen molar-refractivity contribution in [2.24, 2.45) is 0 Å². The molecule has 0 aliphatic heterocycles. The second-order valence-corrected chi connectivity index (χ2v) is 4.89. The van der Waals surface area contributed by atoms with Gasteiger partial charge in [-0.2, -0.15) is 13.2 Å². The van der Waals surface area contributed by atoms with Gasteiger partial charge in [-0.25, -0.2) is 0 Å². The van der Waals surface area contributed by atoms with E-state index >= 15 is 0 Å². The summed E-state index contributed by atoms with van der Waals surface area (Å²) in [5.74, 6) is 0. The Bertz CT molecular complexity index is 599. The summed E-state index contributed by atoms with van der Waals surface area (Å²) in [5.41, 5.74) is 0.620. The van der Waals surface area contributed by atoms with Crippen LogP contribution in [-0.4, -0.2) is 17.0 Å². The van der Waals surface area contributed by atoms with Gasteiger partial charge in [-0.15, -0.1) is 0 Å². The minimum atomic E-state index is -4.38. The third-order valence-electron chi connectivity index (χ3n) is 3.10. The van der Waals surface area contributed by atoms with Crippen LogP contribution in [0.4, 0.5) is 13.2 Å². The van der Waals surface area contributed by atoms with Crippen LogP contribution in [0, 0.1) is 0 Å². The SMILES string of the molecule is CNC(Cc1ccncc1Cl)c1ccc(C(F)(F)F)cn1. The number of aromatic nitrogens is 2. The third-order valence-corrected chi connectivity index (χ3v) is 3.44. The molecule has 112 valence electrons. The molecule has 0 spiro atoms. The zero-order valence-corrected chi connectivity index (χ0v) is 11.9. The van der Waals surface area contributed by atoms with Crippen molar-refractivity contribution < 1.29 is 13.2 Å². The Morgan fingerprint density at radius 3 is 2.52 bits per heavy atom. The maximum absolute atomic E-state index is 12.5. The van der Waals surface area contributed by atoms with E-state index < -0.39 is 11.7 Å². The van der Waals surface area contributed by atoms with Gasteiger partial charge in [-0.3, -0.25) is 9.97 Å². The number of nitrogens with zero attached hydrogens (tertiary/aromatic N) is 2. The van der Waals surface area contributed by atoms with Crippen LogP contribution in [0.25, 0.3) is 0 Å². The van der Waals surface area contributed by atoms with Gasteiger partial charge >= 0.3 is 6.18 Å². The summed E-state index contributed by atoms with van der Waals surface area (Å²) in [4.78, 5) is 7.80.